The number of nitrogens with zero attached hydrogens (tertiary/aromatic N) is 2. The molecule has 0 bridgehead atoms. The first-order valence-corrected chi connectivity index (χ1v) is 9.51. The number of carboxylic acids is 1. The molecule has 0 radical (unpaired) electrons. The molecular formula is C20H24FN3O3. The van der Waals surface area contributed by atoms with Crippen molar-refractivity contribution in [3.8, 4) is 0 Å². The van der Waals surface area contributed by atoms with E-state index in [2.05, 4.69) is 10.2 Å². The SMILES string of the molecule is CN1CC(n2cc(C(=O)O)c(=O)c3cc(F)c(NC4CCCCC4)cc32)C1. The maximum Gasteiger partial charge on any atom is 0.341 e. The average molecular weight is 373 g/mol. The number of rotatable bonds is 4. The Morgan fingerprint density at radius 3 is 2.56 bits per heavy atom. The van der Waals surface area contributed by atoms with Gasteiger partial charge in [-0.25, -0.2) is 9.18 Å². The van der Waals surface area contributed by atoms with E-state index in [0.717, 1.165) is 38.8 Å². The molecule has 144 valence electrons. The number of benzene rings is 1. The summed E-state index contributed by atoms with van der Waals surface area (Å²) in [4.78, 5) is 26.2. The molecule has 0 unspecified atom stereocenters. The average Bonchev–Trinajstić information content (AvgIpc) is 2.62. The Morgan fingerprint density at radius 1 is 1.22 bits per heavy atom. The van der Waals surface area contributed by atoms with Crippen molar-refractivity contribution < 1.29 is 14.3 Å². The number of halogens is 1. The van der Waals surface area contributed by atoms with Crippen LogP contribution in [0.3, 0.4) is 0 Å². The number of hydrogen-bond donors (Lipinski definition) is 2. The van der Waals surface area contributed by atoms with Gasteiger partial charge in [0.15, 0.2) is 0 Å². The van der Waals surface area contributed by atoms with Crippen LogP contribution in [0.1, 0.15) is 48.5 Å². The molecule has 0 spiro atoms. The predicted octanol–water partition coefficient (Wildman–Crippen LogP) is 3.07. The maximum atomic E-state index is 14.7. The van der Waals surface area contributed by atoms with Crippen LogP contribution in [-0.4, -0.2) is 46.7 Å². The summed E-state index contributed by atoms with van der Waals surface area (Å²) in [6, 6.07) is 3.17. The van der Waals surface area contributed by atoms with Gasteiger partial charge in [0.25, 0.3) is 0 Å². The van der Waals surface area contributed by atoms with Gasteiger partial charge in [0.1, 0.15) is 11.4 Å². The Balaban J connectivity index is 1.82. The van der Waals surface area contributed by atoms with Gasteiger partial charge in [-0.15, -0.1) is 0 Å². The number of fused-ring (bicyclic) bond motifs is 1. The molecule has 2 aliphatic rings. The van der Waals surface area contributed by atoms with Gasteiger partial charge in [-0.05, 0) is 32.0 Å². The highest BCUT2D eigenvalue weighted by Crippen LogP contribution is 2.29. The van der Waals surface area contributed by atoms with Crippen LogP contribution in [0.4, 0.5) is 10.1 Å². The second-order valence-electron chi connectivity index (χ2n) is 7.79. The van der Waals surface area contributed by atoms with E-state index in [1.807, 2.05) is 11.6 Å². The molecule has 2 N–H and O–H groups in total. The summed E-state index contributed by atoms with van der Waals surface area (Å²) in [5, 5.41) is 12.8. The molecular weight excluding hydrogens is 349 g/mol. The van der Waals surface area contributed by atoms with E-state index < -0.39 is 17.2 Å². The van der Waals surface area contributed by atoms with E-state index in [1.54, 1.807) is 6.07 Å². The molecule has 0 atom stereocenters. The highest BCUT2D eigenvalue weighted by atomic mass is 19.1. The summed E-state index contributed by atoms with van der Waals surface area (Å²) in [5.74, 6) is -1.79. The molecule has 4 rings (SSSR count). The van der Waals surface area contributed by atoms with E-state index in [-0.39, 0.29) is 23.0 Å². The molecule has 1 aromatic carbocycles. The lowest BCUT2D eigenvalue weighted by atomic mass is 9.95. The van der Waals surface area contributed by atoms with Crippen LogP contribution < -0.4 is 10.7 Å². The molecule has 0 amide bonds. The molecule has 1 saturated heterocycles. The van der Waals surface area contributed by atoms with Crippen LogP contribution in [0.2, 0.25) is 0 Å². The number of anilines is 1. The summed E-state index contributed by atoms with van der Waals surface area (Å²) >= 11 is 0. The fraction of sp³-hybridized carbons (Fsp3) is 0.500. The van der Waals surface area contributed by atoms with Crippen molar-refractivity contribution in [1.82, 2.24) is 9.47 Å². The standard InChI is InChI=1S/C20H24FN3O3/c1-23-9-13(10-23)24-11-15(20(26)27)19(25)14-7-16(21)17(8-18(14)24)22-12-5-3-2-4-6-12/h7-8,11-13,22H,2-6,9-10H2,1H3,(H,26,27). The first-order valence-electron chi connectivity index (χ1n) is 9.51. The zero-order chi connectivity index (χ0) is 19.1. The minimum atomic E-state index is -1.28. The summed E-state index contributed by atoms with van der Waals surface area (Å²) in [5.41, 5.74) is 0.0232. The molecule has 1 aliphatic heterocycles. The summed E-state index contributed by atoms with van der Waals surface area (Å²) in [6.07, 6.45) is 6.91. The van der Waals surface area contributed by atoms with Gasteiger partial charge >= 0.3 is 5.97 Å². The van der Waals surface area contributed by atoms with Crippen LogP contribution in [0, 0.1) is 5.82 Å². The quantitative estimate of drug-likeness (QED) is 0.862. The van der Waals surface area contributed by atoms with Gasteiger partial charge in [0.05, 0.1) is 17.2 Å². The van der Waals surface area contributed by atoms with Crippen molar-refractivity contribution >= 4 is 22.6 Å². The summed E-state index contributed by atoms with van der Waals surface area (Å²) in [6.45, 7) is 1.53. The fourth-order valence-corrected chi connectivity index (χ4v) is 4.24. The number of carboxylic acid groups (broad SMARTS) is 1. The molecule has 7 heteroatoms. The van der Waals surface area contributed by atoms with E-state index >= 15 is 0 Å². The Morgan fingerprint density at radius 2 is 1.93 bits per heavy atom. The van der Waals surface area contributed by atoms with Crippen molar-refractivity contribution in [3.63, 3.8) is 0 Å². The maximum absolute atomic E-state index is 14.7. The second-order valence-corrected chi connectivity index (χ2v) is 7.79. The Labute approximate surface area is 156 Å². The number of aromatic nitrogens is 1. The van der Waals surface area contributed by atoms with Gasteiger partial charge in [0.2, 0.25) is 5.43 Å². The highest BCUT2D eigenvalue weighted by molar-refractivity contribution is 5.93. The van der Waals surface area contributed by atoms with Gasteiger partial charge < -0.3 is 19.9 Å². The monoisotopic (exact) mass is 373 g/mol. The zero-order valence-electron chi connectivity index (χ0n) is 15.4. The number of likely N-dealkylation sites (N-methyl/N-ethyl adjacent to an activating group) is 1. The first kappa shape index (κ1) is 18.0. The Kier molecular flexibility index (Phi) is 4.63. The van der Waals surface area contributed by atoms with Gasteiger partial charge in [-0.1, -0.05) is 19.3 Å². The molecule has 2 heterocycles. The first-order chi connectivity index (χ1) is 12.9. The van der Waals surface area contributed by atoms with Crippen molar-refractivity contribution in [2.75, 3.05) is 25.5 Å². The molecule has 1 aromatic heterocycles. The predicted molar refractivity (Wildman–Crippen MR) is 102 cm³/mol. The molecule has 1 saturated carbocycles. The third-order valence-electron chi connectivity index (χ3n) is 5.75. The number of pyridine rings is 1. The Bertz CT molecular complexity index is 944. The molecule has 2 aromatic rings. The zero-order valence-corrected chi connectivity index (χ0v) is 15.4. The summed E-state index contributed by atoms with van der Waals surface area (Å²) < 4.78 is 16.5. The third kappa shape index (κ3) is 3.32. The van der Waals surface area contributed by atoms with Crippen molar-refractivity contribution in [2.45, 2.75) is 44.2 Å². The largest absolute Gasteiger partial charge is 0.477 e. The van der Waals surface area contributed by atoms with E-state index in [0.29, 0.717) is 11.2 Å². The van der Waals surface area contributed by atoms with Crippen LogP contribution >= 0.6 is 0 Å². The molecule has 2 fully saturated rings. The number of carbonyl (C=O) groups is 1. The lowest BCUT2D eigenvalue weighted by molar-refractivity contribution is 0.0693. The fourth-order valence-electron chi connectivity index (χ4n) is 4.24. The molecule has 1 aliphatic carbocycles. The van der Waals surface area contributed by atoms with Crippen LogP contribution in [0.15, 0.2) is 23.1 Å². The number of hydrogen-bond acceptors (Lipinski definition) is 4. The van der Waals surface area contributed by atoms with Gasteiger partial charge in [-0.3, -0.25) is 4.79 Å². The summed E-state index contributed by atoms with van der Waals surface area (Å²) in [7, 11) is 1.98. The van der Waals surface area contributed by atoms with Crippen LogP contribution in [0.5, 0.6) is 0 Å². The molecule has 27 heavy (non-hydrogen) atoms. The van der Waals surface area contributed by atoms with Crippen molar-refractivity contribution in [2.24, 2.45) is 0 Å². The van der Waals surface area contributed by atoms with Gasteiger partial charge in [0, 0.05) is 30.7 Å². The van der Waals surface area contributed by atoms with Crippen molar-refractivity contribution in [1.29, 1.82) is 0 Å². The third-order valence-corrected chi connectivity index (χ3v) is 5.75. The van der Waals surface area contributed by atoms with E-state index in [4.69, 9.17) is 0 Å². The Hall–Kier alpha value is -2.41. The minimum Gasteiger partial charge on any atom is -0.477 e. The van der Waals surface area contributed by atoms with Crippen LogP contribution in [0.25, 0.3) is 10.9 Å². The topological polar surface area (TPSA) is 74.6 Å². The second kappa shape index (κ2) is 6.96. The normalized spacial score (nSPS) is 19.2. The number of nitrogens with one attached hydrogen (secondary N) is 1. The minimum absolute atomic E-state index is 0.0733. The number of aromatic carboxylic acids is 1. The lowest BCUT2D eigenvalue weighted by Gasteiger charge is -2.38. The highest BCUT2D eigenvalue weighted by Gasteiger charge is 2.28. The van der Waals surface area contributed by atoms with Crippen LogP contribution in [-0.2, 0) is 0 Å². The molecule has 6 nitrogen and oxygen atoms in total. The number of likely N-dealkylation sites (tertiary alicyclic amines) is 1. The lowest BCUT2D eigenvalue weighted by Crippen LogP contribution is -2.45. The van der Waals surface area contributed by atoms with Gasteiger partial charge in [-0.2, -0.15) is 0 Å². The smallest absolute Gasteiger partial charge is 0.341 e. The van der Waals surface area contributed by atoms with E-state index in [9.17, 15) is 19.1 Å². The van der Waals surface area contributed by atoms with E-state index in [1.165, 1.54) is 18.7 Å². The van der Waals surface area contributed by atoms with Crippen molar-refractivity contribution in [3.05, 3.63) is 39.9 Å².